The van der Waals surface area contributed by atoms with Crippen LogP contribution in [0, 0.1) is 11.6 Å². The number of hydrogen-bond acceptors (Lipinski definition) is 3. The van der Waals surface area contributed by atoms with Crippen molar-refractivity contribution in [3.05, 3.63) is 59.8 Å². The van der Waals surface area contributed by atoms with Crippen LogP contribution in [0.25, 0.3) is 0 Å². The predicted octanol–water partition coefficient (Wildman–Crippen LogP) is 2.30. The van der Waals surface area contributed by atoms with Crippen LogP contribution in [0.5, 0.6) is 0 Å². The van der Waals surface area contributed by atoms with E-state index in [0.29, 0.717) is 18.5 Å². The molecule has 2 aromatic rings. The first-order valence-corrected chi connectivity index (χ1v) is 8.73. The molecule has 1 aliphatic rings. The fraction of sp³-hybridized carbons (Fsp3) is 0.368. The molecule has 0 amide bonds. The molecule has 1 saturated heterocycles. The Kier molecular flexibility index (Phi) is 5.99. The summed E-state index contributed by atoms with van der Waals surface area (Å²) < 4.78 is 26.9. The molecule has 0 saturated carbocycles. The Balaban J connectivity index is 1.50. The van der Waals surface area contributed by atoms with Gasteiger partial charge in [0.15, 0.2) is 5.96 Å². The molecule has 0 atom stereocenters. The maximum Gasteiger partial charge on any atom is 0.193 e. The molecule has 0 bridgehead atoms. The van der Waals surface area contributed by atoms with Gasteiger partial charge in [-0.05, 0) is 42.3 Å². The Morgan fingerprint density at radius 2 is 1.96 bits per heavy atom. The molecule has 3 rings (SSSR count). The van der Waals surface area contributed by atoms with Crippen molar-refractivity contribution < 1.29 is 8.78 Å². The molecule has 1 aromatic heterocycles. The number of guanidine groups is 1. The molecule has 7 heteroatoms. The highest BCUT2D eigenvalue weighted by molar-refractivity contribution is 5.80. The Morgan fingerprint density at radius 3 is 2.65 bits per heavy atom. The summed E-state index contributed by atoms with van der Waals surface area (Å²) in [5.74, 6) is 0.961. The second-order valence-corrected chi connectivity index (χ2v) is 6.12. The number of hydrogen-bond donors (Lipinski definition) is 1. The Labute approximate surface area is 152 Å². The lowest BCUT2D eigenvalue weighted by atomic mass is 10.1. The summed E-state index contributed by atoms with van der Waals surface area (Å²) in [4.78, 5) is 13.1. The summed E-state index contributed by atoms with van der Waals surface area (Å²) >= 11 is 0. The first kappa shape index (κ1) is 18.1. The lowest BCUT2D eigenvalue weighted by Crippen LogP contribution is -2.53. The van der Waals surface area contributed by atoms with E-state index in [1.807, 2.05) is 18.2 Å². The average Bonchev–Trinajstić information content (AvgIpc) is 2.69. The van der Waals surface area contributed by atoms with E-state index in [0.717, 1.165) is 50.1 Å². The van der Waals surface area contributed by atoms with Crippen molar-refractivity contribution in [2.75, 3.05) is 44.7 Å². The lowest BCUT2D eigenvalue weighted by Gasteiger charge is -2.37. The second kappa shape index (κ2) is 8.60. The molecule has 1 aromatic carbocycles. The summed E-state index contributed by atoms with van der Waals surface area (Å²) in [6, 6.07) is 9.44. The smallest absolute Gasteiger partial charge is 0.193 e. The van der Waals surface area contributed by atoms with Gasteiger partial charge in [0.2, 0.25) is 0 Å². The van der Waals surface area contributed by atoms with Crippen molar-refractivity contribution in [1.82, 2.24) is 15.2 Å². The molecular weight excluding hydrogens is 336 g/mol. The van der Waals surface area contributed by atoms with Gasteiger partial charge in [0.1, 0.15) is 17.5 Å². The number of anilines is 1. The molecule has 0 aliphatic carbocycles. The van der Waals surface area contributed by atoms with Crippen molar-refractivity contribution in [3.63, 3.8) is 0 Å². The van der Waals surface area contributed by atoms with E-state index in [-0.39, 0.29) is 5.82 Å². The molecule has 0 unspecified atom stereocenters. The van der Waals surface area contributed by atoms with Crippen LogP contribution in [0.1, 0.15) is 5.56 Å². The Hall–Kier alpha value is -2.70. The van der Waals surface area contributed by atoms with E-state index in [9.17, 15) is 8.78 Å². The average molecular weight is 359 g/mol. The maximum atomic E-state index is 13.7. The van der Waals surface area contributed by atoms with Crippen LogP contribution >= 0.6 is 0 Å². The molecule has 0 radical (unpaired) electrons. The van der Waals surface area contributed by atoms with Crippen LogP contribution in [0.3, 0.4) is 0 Å². The first-order chi connectivity index (χ1) is 12.7. The summed E-state index contributed by atoms with van der Waals surface area (Å²) in [5.41, 5.74) is 0.368. The number of halogens is 2. The molecule has 1 N–H and O–H groups in total. The number of aromatic nitrogens is 1. The van der Waals surface area contributed by atoms with E-state index in [1.165, 1.54) is 6.07 Å². The monoisotopic (exact) mass is 359 g/mol. The zero-order valence-corrected chi connectivity index (χ0v) is 14.8. The molecule has 26 heavy (non-hydrogen) atoms. The number of nitrogens with zero attached hydrogens (tertiary/aromatic N) is 4. The first-order valence-electron chi connectivity index (χ1n) is 8.73. The third-order valence-corrected chi connectivity index (χ3v) is 4.45. The molecular formula is C19H23F2N5. The number of benzene rings is 1. The number of aliphatic imine (C=N–C) groups is 1. The molecule has 138 valence electrons. The minimum absolute atomic E-state index is 0.368. The highest BCUT2D eigenvalue weighted by Crippen LogP contribution is 2.13. The van der Waals surface area contributed by atoms with Gasteiger partial charge >= 0.3 is 0 Å². The van der Waals surface area contributed by atoms with Crippen LogP contribution in [0.4, 0.5) is 14.6 Å². The van der Waals surface area contributed by atoms with E-state index >= 15 is 0 Å². The molecule has 1 fully saturated rings. The fourth-order valence-electron chi connectivity index (χ4n) is 3.06. The quantitative estimate of drug-likeness (QED) is 0.672. The maximum absolute atomic E-state index is 13.7. The van der Waals surface area contributed by atoms with Crippen molar-refractivity contribution in [2.45, 2.75) is 6.42 Å². The van der Waals surface area contributed by atoms with Crippen molar-refractivity contribution in [3.8, 4) is 0 Å². The molecule has 1 aliphatic heterocycles. The Bertz CT molecular complexity index is 743. The third kappa shape index (κ3) is 4.47. The number of nitrogens with one attached hydrogen (secondary N) is 1. The van der Waals surface area contributed by atoms with Gasteiger partial charge in [0, 0.05) is 46.0 Å². The van der Waals surface area contributed by atoms with Crippen molar-refractivity contribution >= 4 is 11.8 Å². The van der Waals surface area contributed by atoms with E-state index < -0.39 is 5.82 Å². The summed E-state index contributed by atoms with van der Waals surface area (Å²) in [7, 11) is 1.73. The van der Waals surface area contributed by atoms with Gasteiger partial charge in [0.05, 0.1) is 0 Å². The van der Waals surface area contributed by atoms with E-state index in [4.69, 9.17) is 0 Å². The molecule has 2 heterocycles. The highest BCUT2D eigenvalue weighted by atomic mass is 19.1. The SMILES string of the molecule is CN=C(NCCc1cc(F)ccc1F)N1CCN(c2ccccn2)CC1. The van der Waals surface area contributed by atoms with Crippen molar-refractivity contribution in [2.24, 2.45) is 4.99 Å². The van der Waals surface area contributed by atoms with Gasteiger partial charge in [-0.3, -0.25) is 4.99 Å². The highest BCUT2D eigenvalue weighted by Gasteiger charge is 2.20. The zero-order chi connectivity index (χ0) is 18.4. The summed E-state index contributed by atoms with van der Waals surface area (Å²) in [6.45, 7) is 3.86. The van der Waals surface area contributed by atoms with Gasteiger partial charge < -0.3 is 15.1 Å². The number of piperazine rings is 1. The van der Waals surface area contributed by atoms with Crippen LogP contribution in [0.15, 0.2) is 47.6 Å². The predicted molar refractivity (Wildman–Crippen MR) is 99.4 cm³/mol. The topological polar surface area (TPSA) is 43.8 Å². The number of pyridine rings is 1. The van der Waals surface area contributed by atoms with Crippen LogP contribution in [-0.2, 0) is 6.42 Å². The third-order valence-electron chi connectivity index (χ3n) is 4.45. The standard InChI is InChI=1S/C19H23F2N5/c1-22-19(24-9-7-15-14-16(20)5-6-17(15)21)26-12-10-25(11-13-26)18-4-2-3-8-23-18/h2-6,8,14H,7,9-13H2,1H3,(H,22,24). The largest absolute Gasteiger partial charge is 0.356 e. The second-order valence-electron chi connectivity index (χ2n) is 6.12. The van der Waals surface area contributed by atoms with Crippen molar-refractivity contribution in [1.29, 1.82) is 0 Å². The van der Waals surface area contributed by atoms with E-state index in [2.05, 4.69) is 25.1 Å². The minimum Gasteiger partial charge on any atom is -0.356 e. The van der Waals surface area contributed by atoms with Crippen LogP contribution in [0.2, 0.25) is 0 Å². The zero-order valence-electron chi connectivity index (χ0n) is 14.8. The number of rotatable bonds is 4. The van der Waals surface area contributed by atoms with E-state index in [1.54, 1.807) is 13.2 Å². The normalized spacial score (nSPS) is 15.3. The lowest BCUT2D eigenvalue weighted by molar-refractivity contribution is 0.371. The minimum atomic E-state index is -0.420. The van der Waals surface area contributed by atoms with Crippen LogP contribution in [-0.4, -0.2) is 55.6 Å². The van der Waals surface area contributed by atoms with Gasteiger partial charge in [-0.25, -0.2) is 13.8 Å². The molecule has 0 spiro atoms. The molecule has 5 nitrogen and oxygen atoms in total. The Morgan fingerprint density at radius 1 is 1.15 bits per heavy atom. The van der Waals surface area contributed by atoms with Gasteiger partial charge in [-0.15, -0.1) is 0 Å². The van der Waals surface area contributed by atoms with Gasteiger partial charge in [0.25, 0.3) is 0 Å². The van der Waals surface area contributed by atoms with Crippen LogP contribution < -0.4 is 10.2 Å². The summed E-state index contributed by atoms with van der Waals surface area (Å²) in [6.07, 6.45) is 2.20. The summed E-state index contributed by atoms with van der Waals surface area (Å²) in [5, 5.41) is 3.24. The fourth-order valence-corrected chi connectivity index (χ4v) is 3.06. The van der Waals surface area contributed by atoms with Gasteiger partial charge in [-0.1, -0.05) is 6.07 Å². The van der Waals surface area contributed by atoms with Gasteiger partial charge in [-0.2, -0.15) is 0 Å².